The van der Waals surface area contributed by atoms with E-state index in [0.717, 1.165) is 13.0 Å². The number of nitrogens with two attached hydrogens (primary N) is 1. The number of likely N-dealkylation sites (N-methyl/N-ethyl adjacent to an activating group) is 1. The largest absolute Gasteiger partial charge is 0.326 e. The van der Waals surface area contributed by atoms with Crippen molar-refractivity contribution in [3.05, 3.63) is 20.8 Å². The van der Waals surface area contributed by atoms with E-state index in [-0.39, 0.29) is 0 Å². The lowest BCUT2D eigenvalue weighted by atomic mass is 9.96. The van der Waals surface area contributed by atoms with Gasteiger partial charge in [0.1, 0.15) is 0 Å². The van der Waals surface area contributed by atoms with Crippen LogP contribution in [-0.4, -0.2) is 24.5 Å². The number of hydrogen-bond donors (Lipinski definition) is 1. The number of hydrogen-bond acceptors (Lipinski definition) is 3. The fraction of sp³-hybridized carbons (Fsp3) is 0.600. The number of likely N-dealkylation sites (tertiary alicyclic amines) is 1. The molecular weight excluding hydrogens is 260 g/mol. The van der Waals surface area contributed by atoms with Crippen LogP contribution in [0.4, 0.5) is 0 Å². The Morgan fingerprint density at radius 1 is 1.57 bits per heavy atom. The van der Waals surface area contributed by atoms with Crippen LogP contribution in [-0.2, 0) is 0 Å². The van der Waals surface area contributed by atoms with E-state index in [1.807, 2.05) is 0 Å². The lowest BCUT2D eigenvalue weighted by Gasteiger charge is -2.36. The van der Waals surface area contributed by atoms with E-state index in [9.17, 15) is 0 Å². The molecule has 1 saturated heterocycles. The highest BCUT2D eigenvalue weighted by molar-refractivity contribution is 9.11. The summed E-state index contributed by atoms with van der Waals surface area (Å²) in [5, 5.41) is 0. The number of halogens is 1. The highest BCUT2D eigenvalue weighted by Crippen LogP contribution is 2.34. The van der Waals surface area contributed by atoms with Gasteiger partial charge in [-0.3, -0.25) is 4.90 Å². The van der Waals surface area contributed by atoms with Gasteiger partial charge in [-0.05, 0) is 54.5 Å². The zero-order valence-corrected chi connectivity index (χ0v) is 10.6. The lowest BCUT2D eigenvalue weighted by Crippen LogP contribution is -2.43. The zero-order valence-electron chi connectivity index (χ0n) is 8.24. The van der Waals surface area contributed by atoms with Crippen molar-refractivity contribution in [2.75, 3.05) is 13.6 Å². The van der Waals surface area contributed by atoms with Crippen molar-refractivity contribution in [2.24, 2.45) is 5.73 Å². The molecule has 2 unspecified atom stereocenters. The van der Waals surface area contributed by atoms with Crippen molar-refractivity contribution < 1.29 is 0 Å². The third-order valence-corrected chi connectivity index (χ3v) is 4.51. The first-order valence-electron chi connectivity index (χ1n) is 4.89. The smallest absolute Gasteiger partial charge is 0.0702 e. The molecule has 2 rings (SSSR count). The van der Waals surface area contributed by atoms with Crippen LogP contribution in [0, 0.1) is 0 Å². The number of nitrogens with zero attached hydrogens (tertiary/aromatic N) is 1. The average Bonchev–Trinajstić information content (AvgIpc) is 2.51. The Morgan fingerprint density at radius 3 is 2.93 bits per heavy atom. The van der Waals surface area contributed by atoms with Gasteiger partial charge in [-0.1, -0.05) is 0 Å². The molecule has 2 N–H and O–H groups in total. The van der Waals surface area contributed by atoms with Gasteiger partial charge < -0.3 is 5.73 Å². The summed E-state index contributed by atoms with van der Waals surface area (Å²) in [6.45, 7) is 1.16. The van der Waals surface area contributed by atoms with Gasteiger partial charge in [0.15, 0.2) is 0 Å². The Labute approximate surface area is 97.2 Å². The average molecular weight is 275 g/mol. The monoisotopic (exact) mass is 274 g/mol. The zero-order chi connectivity index (χ0) is 10.1. The van der Waals surface area contributed by atoms with Crippen LogP contribution in [0.15, 0.2) is 15.9 Å². The minimum atomic E-state index is 0.291. The lowest BCUT2D eigenvalue weighted by molar-refractivity contribution is 0.166. The first-order chi connectivity index (χ1) is 6.68. The van der Waals surface area contributed by atoms with Crippen LogP contribution in [0.1, 0.15) is 23.8 Å². The summed E-state index contributed by atoms with van der Waals surface area (Å²) in [7, 11) is 2.16. The molecule has 2 heterocycles. The summed E-state index contributed by atoms with van der Waals surface area (Å²) < 4.78 is 1.19. The molecule has 1 fully saturated rings. The van der Waals surface area contributed by atoms with E-state index in [2.05, 4.69) is 40.0 Å². The third kappa shape index (κ3) is 2.03. The molecule has 0 aliphatic carbocycles. The summed E-state index contributed by atoms with van der Waals surface area (Å²) >= 11 is 5.29. The minimum Gasteiger partial charge on any atom is -0.326 e. The topological polar surface area (TPSA) is 29.3 Å². The molecule has 0 aromatic carbocycles. The van der Waals surface area contributed by atoms with Gasteiger partial charge in [0.2, 0.25) is 0 Å². The second kappa shape index (κ2) is 4.31. The summed E-state index contributed by atoms with van der Waals surface area (Å²) in [6, 6.07) is 5.00. The molecule has 1 aliphatic rings. The first kappa shape index (κ1) is 10.6. The molecule has 1 aromatic heterocycles. The van der Waals surface area contributed by atoms with Crippen molar-refractivity contribution in [2.45, 2.75) is 24.9 Å². The maximum Gasteiger partial charge on any atom is 0.0702 e. The van der Waals surface area contributed by atoms with Crippen molar-refractivity contribution in [1.29, 1.82) is 0 Å². The molecule has 4 heteroatoms. The molecule has 0 radical (unpaired) electrons. The van der Waals surface area contributed by atoms with Gasteiger partial charge in [-0.15, -0.1) is 11.3 Å². The van der Waals surface area contributed by atoms with Crippen molar-refractivity contribution in [1.82, 2.24) is 4.90 Å². The van der Waals surface area contributed by atoms with Crippen LogP contribution in [0.25, 0.3) is 0 Å². The number of piperidine rings is 1. The van der Waals surface area contributed by atoms with Crippen LogP contribution >= 0.6 is 27.3 Å². The Balaban J connectivity index is 2.22. The Bertz CT molecular complexity index is 303. The molecule has 78 valence electrons. The number of thiophene rings is 1. The van der Waals surface area contributed by atoms with Crippen LogP contribution in [0.2, 0.25) is 0 Å². The van der Waals surface area contributed by atoms with E-state index in [1.165, 1.54) is 15.1 Å². The highest BCUT2D eigenvalue weighted by Gasteiger charge is 2.28. The molecule has 0 amide bonds. The van der Waals surface area contributed by atoms with Crippen molar-refractivity contribution >= 4 is 27.3 Å². The van der Waals surface area contributed by atoms with Crippen molar-refractivity contribution in [3.63, 3.8) is 0 Å². The summed E-state index contributed by atoms with van der Waals surface area (Å²) in [5.74, 6) is 0. The summed E-state index contributed by atoms with van der Waals surface area (Å²) in [6.07, 6.45) is 2.37. The number of rotatable bonds is 1. The fourth-order valence-corrected chi connectivity index (χ4v) is 3.78. The van der Waals surface area contributed by atoms with Crippen LogP contribution < -0.4 is 5.73 Å². The van der Waals surface area contributed by atoms with E-state index in [0.29, 0.717) is 12.1 Å². The van der Waals surface area contributed by atoms with E-state index >= 15 is 0 Å². The molecule has 2 nitrogen and oxygen atoms in total. The summed E-state index contributed by atoms with van der Waals surface area (Å²) in [4.78, 5) is 3.75. The molecule has 1 aliphatic heterocycles. The van der Waals surface area contributed by atoms with Gasteiger partial charge in [-0.25, -0.2) is 0 Å². The van der Waals surface area contributed by atoms with Gasteiger partial charge in [0.25, 0.3) is 0 Å². The molecule has 2 atom stereocenters. The third-order valence-electron chi connectivity index (χ3n) is 2.81. The Morgan fingerprint density at radius 2 is 2.36 bits per heavy atom. The maximum absolute atomic E-state index is 6.16. The van der Waals surface area contributed by atoms with Crippen LogP contribution in [0.3, 0.4) is 0 Å². The Hall–Kier alpha value is 0.1000. The van der Waals surface area contributed by atoms with Gasteiger partial charge in [-0.2, -0.15) is 0 Å². The second-order valence-electron chi connectivity index (χ2n) is 3.87. The highest BCUT2D eigenvalue weighted by atomic mass is 79.9. The molecule has 0 bridgehead atoms. The SMILES string of the molecule is CN1CCCC(N)C1c1ccc(Br)s1. The normalized spacial score (nSPS) is 29.4. The van der Waals surface area contributed by atoms with E-state index < -0.39 is 0 Å². The van der Waals surface area contributed by atoms with Gasteiger partial charge in [0.05, 0.1) is 9.83 Å². The quantitative estimate of drug-likeness (QED) is 0.853. The Kier molecular flexibility index (Phi) is 3.27. The molecule has 0 spiro atoms. The van der Waals surface area contributed by atoms with Gasteiger partial charge in [0, 0.05) is 10.9 Å². The van der Waals surface area contributed by atoms with Crippen LogP contribution in [0.5, 0.6) is 0 Å². The molecule has 1 aromatic rings. The minimum absolute atomic E-state index is 0.291. The van der Waals surface area contributed by atoms with Crippen molar-refractivity contribution in [3.8, 4) is 0 Å². The summed E-state index contributed by atoms with van der Waals surface area (Å²) in [5.41, 5.74) is 6.16. The maximum atomic E-state index is 6.16. The standard InChI is InChI=1S/C10H15BrN2S/c1-13-6-2-3-7(12)10(13)8-4-5-9(11)14-8/h4-5,7,10H,2-3,6,12H2,1H3. The molecular formula is C10H15BrN2S. The predicted octanol–water partition coefficient (Wildman–Crippen LogP) is 2.60. The first-order valence-corrected chi connectivity index (χ1v) is 6.50. The van der Waals surface area contributed by atoms with E-state index in [4.69, 9.17) is 5.73 Å². The second-order valence-corrected chi connectivity index (χ2v) is 6.37. The molecule has 0 saturated carbocycles. The predicted molar refractivity (Wildman–Crippen MR) is 64.6 cm³/mol. The van der Waals surface area contributed by atoms with Gasteiger partial charge >= 0.3 is 0 Å². The fourth-order valence-electron chi connectivity index (χ4n) is 2.12. The van der Waals surface area contributed by atoms with E-state index in [1.54, 1.807) is 11.3 Å². The molecule has 14 heavy (non-hydrogen) atoms.